The van der Waals surface area contributed by atoms with Gasteiger partial charge in [-0.25, -0.2) is 0 Å². The molecule has 0 bridgehead atoms. The minimum atomic E-state index is -0.193. The average molecular weight is 222 g/mol. The zero-order valence-electron chi connectivity index (χ0n) is 9.66. The summed E-state index contributed by atoms with van der Waals surface area (Å²) in [5.74, 6) is -0.142. The monoisotopic (exact) mass is 222 g/mol. The van der Waals surface area contributed by atoms with Crippen LogP contribution in [0.15, 0.2) is 18.2 Å². The van der Waals surface area contributed by atoms with Crippen LogP contribution in [-0.2, 0) is 0 Å². The van der Waals surface area contributed by atoms with Gasteiger partial charge >= 0.3 is 0 Å². The van der Waals surface area contributed by atoms with Crippen molar-refractivity contribution in [1.82, 2.24) is 5.32 Å². The second-order valence-corrected chi connectivity index (χ2v) is 4.03. The Hall–Kier alpha value is -1.55. The van der Waals surface area contributed by atoms with Crippen LogP contribution in [0, 0.1) is 12.8 Å². The molecule has 0 saturated carbocycles. The van der Waals surface area contributed by atoms with E-state index in [-0.39, 0.29) is 18.4 Å². The van der Waals surface area contributed by atoms with Crippen molar-refractivity contribution in [3.8, 4) is 0 Å². The first-order valence-electron chi connectivity index (χ1n) is 5.30. The zero-order valence-corrected chi connectivity index (χ0v) is 9.66. The Kier molecular flexibility index (Phi) is 4.31. The van der Waals surface area contributed by atoms with Gasteiger partial charge in [0.25, 0.3) is 5.91 Å². The summed E-state index contributed by atoms with van der Waals surface area (Å²) < 4.78 is 0. The van der Waals surface area contributed by atoms with Crippen LogP contribution in [0.25, 0.3) is 0 Å². The largest absolute Gasteiger partial charge is 0.398 e. The highest BCUT2D eigenvalue weighted by Gasteiger charge is 2.11. The molecule has 1 aromatic rings. The predicted octanol–water partition coefficient (Wildman–Crippen LogP) is 0.935. The van der Waals surface area contributed by atoms with Crippen LogP contribution in [-0.4, -0.2) is 24.2 Å². The minimum absolute atomic E-state index is 0.0509. The number of aliphatic hydroxyl groups is 1. The lowest BCUT2D eigenvalue weighted by Gasteiger charge is -2.11. The summed E-state index contributed by atoms with van der Waals surface area (Å²) in [7, 11) is 0. The zero-order chi connectivity index (χ0) is 12.1. The first kappa shape index (κ1) is 12.5. The number of aryl methyl sites for hydroxylation is 1. The number of hydrogen-bond acceptors (Lipinski definition) is 3. The Morgan fingerprint density at radius 2 is 2.25 bits per heavy atom. The van der Waals surface area contributed by atoms with Gasteiger partial charge in [-0.05, 0) is 24.5 Å². The highest BCUT2D eigenvalue weighted by molar-refractivity contribution is 5.99. The minimum Gasteiger partial charge on any atom is -0.398 e. The van der Waals surface area contributed by atoms with Gasteiger partial charge < -0.3 is 16.2 Å². The third-order valence-corrected chi connectivity index (χ3v) is 2.49. The number of aliphatic hydroxyl groups excluding tert-OH is 1. The molecule has 0 aliphatic rings. The smallest absolute Gasteiger partial charge is 0.253 e. The van der Waals surface area contributed by atoms with E-state index in [0.29, 0.717) is 17.8 Å². The number of anilines is 1. The maximum Gasteiger partial charge on any atom is 0.253 e. The normalized spacial score (nSPS) is 12.2. The molecule has 0 aliphatic heterocycles. The van der Waals surface area contributed by atoms with Crippen molar-refractivity contribution >= 4 is 11.6 Å². The molecule has 1 aromatic carbocycles. The van der Waals surface area contributed by atoms with Gasteiger partial charge in [0.2, 0.25) is 0 Å². The molecule has 0 fully saturated rings. The molecular weight excluding hydrogens is 204 g/mol. The number of amides is 1. The van der Waals surface area contributed by atoms with E-state index in [2.05, 4.69) is 5.32 Å². The summed E-state index contributed by atoms with van der Waals surface area (Å²) in [6.45, 7) is 4.23. The Bertz CT molecular complexity index is 377. The summed E-state index contributed by atoms with van der Waals surface area (Å²) in [5, 5.41) is 11.6. The Morgan fingerprint density at radius 3 is 2.88 bits per heavy atom. The van der Waals surface area contributed by atoms with Crippen molar-refractivity contribution in [2.45, 2.75) is 13.8 Å². The summed E-state index contributed by atoms with van der Waals surface area (Å²) >= 11 is 0. The molecule has 88 valence electrons. The molecule has 4 heteroatoms. The molecule has 0 aliphatic carbocycles. The molecule has 4 nitrogen and oxygen atoms in total. The van der Waals surface area contributed by atoms with Crippen LogP contribution in [0.3, 0.4) is 0 Å². The van der Waals surface area contributed by atoms with Gasteiger partial charge in [0.05, 0.1) is 5.56 Å². The van der Waals surface area contributed by atoms with E-state index in [1.54, 1.807) is 12.1 Å². The lowest BCUT2D eigenvalue weighted by atomic mass is 10.1. The van der Waals surface area contributed by atoms with Crippen molar-refractivity contribution in [2.75, 3.05) is 18.9 Å². The molecule has 0 saturated heterocycles. The molecule has 4 N–H and O–H groups in total. The van der Waals surface area contributed by atoms with Crippen molar-refractivity contribution < 1.29 is 9.90 Å². The fourth-order valence-corrected chi connectivity index (χ4v) is 1.31. The molecule has 0 spiro atoms. The number of para-hydroxylation sites is 1. The van der Waals surface area contributed by atoms with Crippen molar-refractivity contribution in [2.24, 2.45) is 5.92 Å². The quantitative estimate of drug-likeness (QED) is 0.663. The highest BCUT2D eigenvalue weighted by Crippen LogP contribution is 2.16. The maximum absolute atomic E-state index is 11.8. The number of carbonyl (C=O) groups is 1. The lowest BCUT2D eigenvalue weighted by Crippen LogP contribution is -2.30. The number of nitrogens with two attached hydrogens (primary N) is 1. The van der Waals surface area contributed by atoms with Crippen LogP contribution in [0.2, 0.25) is 0 Å². The van der Waals surface area contributed by atoms with Gasteiger partial charge in [-0.1, -0.05) is 19.1 Å². The van der Waals surface area contributed by atoms with Crippen LogP contribution in [0.5, 0.6) is 0 Å². The molecule has 16 heavy (non-hydrogen) atoms. The predicted molar refractivity (Wildman–Crippen MR) is 64.2 cm³/mol. The maximum atomic E-state index is 11.8. The van der Waals surface area contributed by atoms with E-state index >= 15 is 0 Å². The van der Waals surface area contributed by atoms with Gasteiger partial charge in [-0.3, -0.25) is 4.79 Å². The summed E-state index contributed by atoms with van der Waals surface area (Å²) in [6.07, 6.45) is 0. The van der Waals surface area contributed by atoms with Crippen LogP contribution >= 0.6 is 0 Å². The molecule has 1 amide bonds. The molecule has 0 aromatic heterocycles. The van der Waals surface area contributed by atoms with E-state index in [1.165, 1.54) is 0 Å². The standard InChI is InChI=1S/C12H18N2O2/c1-8(7-15)6-14-12(16)10-5-3-4-9(2)11(10)13/h3-5,8,15H,6-7,13H2,1-2H3,(H,14,16). The van der Waals surface area contributed by atoms with E-state index in [4.69, 9.17) is 10.8 Å². The fourth-order valence-electron chi connectivity index (χ4n) is 1.31. The number of benzene rings is 1. The van der Waals surface area contributed by atoms with Crippen LogP contribution in [0.4, 0.5) is 5.69 Å². The fraction of sp³-hybridized carbons (Fsp3) is 0.417. The summed E-state index contributed by atoms with van der Waals surface area (Å²) in [6, 6.07) is 5.36. The van der Waals surface area contributed by atoms with Gasteiger partial charge in [0.15, 0.2) is 0 Å². The molecule has 1 atom stereocenters. The van der Waals surface area contributed by atoms with Gasteiger partial charge in [-0.15, -0.1) is 0 Å². The van der Waals surface area contributed by atoms with Crippen molar-refractivity contribution in [3.05, 3.63) is 29.3 Å². The number of rotatable bonds is 4. The van der Waals surface area contributed by atoms with Gasteiger partial charge in [0.1, 0.15) is 0 Å². The van der Waals surface area contributed by atoms with Crippen LogP contribution < -0.4 is 11.1 Å². The highest BCUT2D eigenvalue weighted by atomic mass is 16.3. The van der Waals surface area contributed by atoms with Gasteiger partial charge in [-0.2, -0.15) is 0 Å². The Balaban J connectivity index is 2.70. The van der Waals surface area contributed by atoms with E-state index in [0.717, 1.165) is 5.56 Å². The summed E-state index contributed by atoms with van der Waals surface area (Å²) in [5.41, 5.74) is 7.71. The SMILES string of the molecule is Cc1cccc(C(=O)NCC(C)CO)c1N. The van der Waals surface area contributed by atoms with Crippen molar-refractivity contribution in [1.29, 1.82) is 0 Å². The lowest BCUT2D eigenvalue weighted by molar-refractivity contribution is 0.0943. The summed E-state index contributed by atoms with van der Waals surface area (Å²) in [4.78, 5) is 11.8. The molecule has 0 radical (unpaired) electrons. The van der Waals surface area contributed by atoms with Crippen LogP contribution in [0.1, 0.15) is 22.8 Å². The molecule has 1 unspecified atom stereocenters. The second-order valence-electron chi connectivity index (χ2n) is 4.03. The molecular formula is C12H18N2O2. The third kappa shape index (κ3) is 2.97. The second kappa shape index (κ2) is 5.51. The van der Waals surface area contributed by atoms with Gasteiger partial charge in [0, 0.05) is 18.8 Å². The van der Waals surface area contributed by atoms with Crippen molar-refractivity contribution in [3.63, 3.8) is 0 Å². The first-order valence-corrected chi connectivity index (χ1v) is 5.30. The Morgan fingerprint density at radius 1 is 1.56 bits per heavy atom. The first-order chi connectivity index (χ1) is 7.56. The van der Waals surface area contributed by atoms with E-state index in [1.807, 2.05) is 19.9 Å². The van der Waals surface area contributed by atoms with E-state index in [9.17, 15) is 4.79 Å². The number of hydrogen-bond donors (Lipinski definition) is 3. The molecule has 1 rings (SSSR count). The van der Waals surface area contributed by atoms with E-state index < -0.39 is 0 Å². The Labute approximate surface area is 95.5 Å². The molecule has 0 heterocycles. The number of nitrogen functional groups attached to an aromatic ring is 1. The third-order valence-electron chi connectivity index (χ3n) is 2.49. The topological polar surface area (TPSA) is 75.3 Å². The number of nitrogens with one attached hydrogen (secondary N) is 1. The average Bonchev–Trinajstić information content (AvgIpc) is 2.29. The number of carbonyl (C=O) groups excluding carboxylic acids is 1.